The molecular weight excluding hydrogens is 390 g/mol. The van der Waals surface area contributed by atoms with E-state index < -0.39 is 0 Å². The molecule has 6 heteroatoms. The first-order chi connectivity index (χ1) is 15.0. The van der Waals surface area contributed by atoms with Crippen molar-refractivity contribution in [2.45, 2.75) is 52.4 Å². The van der Waals surface area contributed by atoms with Gasteiger partial charge < -0.3 is 14.6 Å². The summed E-state index contributed by atoms with van der Waals surface area (Å²) in [5, 5.41) is 6.96. The zero-order valence-electron chi connectivity index (χ0n) is 18.6. The van der Waals surface area contributed by atoms with E-state index in [4.69, 9.17) is 9.26 Å². The number of aromatic nitrogens is 2. The van der Waals surface area contributed by atoms with Crippen LogP contribution in [-0.4, -0.2) is 29.2 Å². The number of amides is 1. The lowest BCUT2D eigenvalue weighted by atomic mass is 10.0. The van der Waals surface area contributed by atoms with Gasteiger partial charge in [-0.05, 0) is 43.4 Å². The number of rotatable bonds is 11. The summed E-state index contributed by atoms with van der Waals surface area (Å²) in [5.74, 6) is 2.38. The van der Waals surface area contributed by atoms with E-state index in [1.807, 2.05) is 36.4 Å². The Balaban J connectivity index is 1.31. The second-order valence-corrected chi connectivity index (χ2v) is 8.01. The van der Waals surface area contributed by atoms with Gasteiger partial charge >= 0.3 is 0 Å². The maximum absolute atomic E-state index is 12.0. The lowest BCUT2D eigenvalue weighted by Gasteiger charge is -2.07. The molecule has 0 fully saturated rings. The molecule has 6 nitrogen and oxygen atoms in total. The summed E-state index contributed by atoms with van der Waals surface area (Å²) in [6.45, 7) is 7.64. The predicted octanol–water partition coefficient (Wildman–Crippen LogP) is 5.08. The maximum atomic E-state index is 12.0. The van der Waals surface area contributed by atoms with E-state index >= 15 is 0 Å². The molecule has 164 valence electrons. The van der Waals surface area contributed by atoms with Crippen molar-refractivity contribution in [2.75, 3.05) is 13.2 Å². The number of nitrogens with zero attached hydrogens (tertiary/aromatic N) is 2. The van der Waals surface area contributed by atoms with E-state index in [9.17, 15) is 4.79 Å². The summed E-state index contributed by atoms with van der Waals surface area (Å²) in [5.41, 5.74) is 3.40. The molecule has 0 aliphatic rings. The second kappa shape index (κ2) is 11.3. The Morgan fingerprint density at radius 1 is 1.06 bits per heavy atom. The van der Waals surface area contributed by atoms with Crippen molar-refractivity contribution < 1.29 is 14.1 Å². The SMILES string of the molecule is Cc1ccc(OCCCCNC(=O)CCc2nc(-c3ccc(C(C)C)cc3)no2)cc1. The Kier molecular flexibility index (Phi) is 8.21. The minimum absolute atomic E-state index is 0.0134. The molecule has 31 heavy (non-hydrogen) atoms. The Morgan fingerprint density at radius 2 is 1.81 bits per heavy atom. The number of ether oxygens (including phenoxy) is 1. The summed E-state index contributed by atoms with van der Waals surface area (Å²) < 4.78 is 11.0. The maximum Gasteiger partial charge on any atom is 0.227 e. The smallest absolute Gasteiger partial charge is 0.227 e. The molecule has 1 aromatic heterocycles. The predicted molar refractivity (Wildman–Crippen MR) is 121 cm³/mol. The van der Waals surface area contributed by atoms with Gasteiger partial charge in [0.1, 0.15) is 5.75 Å². The van der Waals surface area contributed by atoms with Crippen molar-refractivity contribution in [1.82, 2.24) is 15.5 Å². The summed E-state index contributed by atoms with van der Waals surface area (Å²) >= 11 is 0. The molecule has 1 heterocycles. The van der Waals surface area contributed by atoms with Gasteiger partial charge in [-0.1, -0.05) is 61.0 Å². The van der Waals surface area contributed by atoms with Crippen LogP contribution >= 0.6 is 0 Å². The van der Waals surface area contributed by atoms with Crippen molar-refractivity contribution in [3.63, 3.8) is 0 Å². The summed E-state index contributed by atoms with van der Waals surface area (Å²) in [7, 11) is 0. The van der Waals surface area contributed by atoms with Gasteiger partial charge in [-0.25, -0.2) is 0 Å². The minimum atomic E-state index is -0.0134. The van der Waals surface area contributed by atoms with Crippen LogP contribution in [0.15, 0.2) is 53.1 Å². The van der Waals surface area contributed by atoms with Crippen molar-refractivity contribution in [3.05, 3.63) is 65.5 Å². The van der Waals surface area contributed by atoms with Crippen LogP contribution in [0.3, 0.4) is 0 Å². The first kappa shape index (κ1) is 22.5. The van der Waals surface area contributed by atoms with Crippen LogP contribution in [0, 0.1) is 6.92 Å². The lowest BCUT2D eigenvalue weighted by molar-refractivity contribution is -0.121. The van der Waals surface area contributed by atoms with Gasteiger partial charge in [0.2, 0.25) is 17.6 Å². The first-order valence-electron chi connectivity index (χ1n) is 10.9. The van der Waals surface area contributed by atoms with E-state index in [0.717, 1.165) is 24.2 Å². The number of aryl methyl sites for hydroxylation is 2. The standard InChI is InChI=1S/C25H31N3O3/c1-18(2)20-8-10-21(11-9-20)25-27-24(31-28-25)15-14-23(29)26-16-4-5-17-30-22-12-6-19(3)7-13-22/h6-13,18H,4-5,14-17H2,1-3H3,(H,26,29). The van der Waals surface area contributed by atoms with Crippen molar-refractivity contribution in [1.29, 1.82) is 0 Å². The minimum Gasteiger partial charge on any atom is -0.494 e. The highest BCUT2D eigenvalue weighted by atomic mass is 16.5. The van der Waals surface area contributed by atoms with Gasteiger partial charge in [-0.15, -0.1) is 0 Å². The highest BCUT2D eigenvalue weighted by molar-refractivity contribution is 5.75. The van der Waals surface area contributed by atoms with Crippen LogP contribution in [0.1, 0.15) is 56.0 Å². The van der Waals surface area contributed by atoms with Crippen LogP contribution in [0.5, 0.6) is 5.75 Å². The zero-order chi connectivity index (χ0) is 22.1. The topological polar surface area (TPSA) is 77.2 Å². The average molecular weight is 422 g/mol. The van der Waals surface area contributed by atoms with Gasteiger partial charge in [0.15, 0.2) is 0 Å². The highest BCUT2D eigenvalue weighted by Gasteiger charge is 2.11. The van der Waals surface area contributed by atoms with Gasteiger partial charge in [-0.2, -0.15) is 4.98 Å². The average Bonchev–Trinajstić information content (AvgIpc) is 3.25. The number of hydrogen-bond donors (Lipinski definition) is 1. The molecule has 0 bridgehead atoms. The lowest BCUT2D eigenvalue weighted by Crippen LogP contribution is -2.25. The first-order valence-corrected chi connectivity index (χ1v) is 10.9. The fourth-order valence-electron chi connectivity index (χ4n) is 3.08. The van der Waals surface area contributed by atoms with Gasteiger partial charge in [-0.3, -0.25) is 4.79 Å². The molecule has 0 atom stereocenters. The third-order valence-electron chi connectivity index (χ3n) is 5.05. The van der Waals surface area contributed by atoms with Crippen LogP contribution in [0.4, 0.5) is 0 Å². The molecule has 0 aliphatic heterocycles. The van der Waals surface area contributed by atoms with E-state index in [0.29, 0.717) is 43.6 Å². The molecule has 0 aliphatic carbocycles. The number of carbonyl (C=O) groups is 1. The normalized spacial score (nSPS) is 11.0. The molecule has 0 saturated carbocycles. The van der Waals surface area contributed by atoms with Crippen molar-refractivity contribution in [3.8, 4) is 17.1 Å². The van der Waals surface area contributed by atoms with Gasteiger partial charge in [0.05, 0.1) is 6.61 Å². The van der Waals surface area contributed by atoms with E-state index in [2.05, 4.69) is 48.4 Å². The third kappa shape index (κ3) is 7.24. The van der Waals surface area contributed by atoms with Crippen LogP contribution in [-0.2, 0) is 11.2 Å². The Hall–Kier alpha value is -3.15. The number of nitrogens with one attached hydrogen (secondary N) is 1. The zero-order valence-corrected chi connectivity index (χ0v) is 18.6. The molecule has 0 saturated heterocycles. The molecule has 2 aromatic carbocycles. The van der Waals surface area contributed by atoms with Crippen LogP contribution < -0.4 is 10.1 Å². The summed E-state index contributed by atoms with van der Waals surface area (Å²) in [4.78, 5) is 16.5. The van der Waals surface area contributed by atoms with Gasteiger partial charge in [0, 0.05) is 24.9 Å². The van der Waals surface area contributed by atoms with Crippen LogP contribution in [0.2, 0.25) is 0 Å². The second-order valence-electron chi connectivity index (χ2n) is 8.01. The van der Waals surface area contributed by atoms with E-state index in [1.54, 1.807) is 0 Å². The molecule has 0 radical (unpaired) electrons. The molecule has 3 aromatic rings. The molecular formula is C25H31N3O3. The molecule has 0 unspecified atom stereocenters. The number of benzene rings is 2. The molecule has 1 N–H and O–H groups in total. The van der Waals surface area contributed by atoms with Crippen molar-refractivity contribution >= 4 is 5.91 Å². The molecule has 3 rings (SSSR count). The Morgan fingerprint density at radius 3 is 2.52 bits per heavy atom. The fourth-order valence-corrected chi connectivity index (χ4v) is 3.08. The quantitative estimate of drug-likeness (QED) is 0.437. The third-order valence-corrected chi connectivity index (χ3v) is 5.05. The number of carbonyl (C=O) groups excluding carboxylic acids is 1. The van der Waals surface area contributed by atoms with E-state index in [-0.39, 0.29) is 5.91 Å². The Labute approximate surface area is 184 Å². The Bertz CT molecular complexity index is 947. The number of unbranched alkanes of at least 4 members (excludes halogenated alkanes) is 1. The summed E-state index contributed by atoms with van der Waals surface area (Å²) in [6, 6.07) is 16.2. The molecule has 1 amide bonds. The van der Waals surface area contributed by atoms with Gasteiger partial charge in [0.25, 0.3) is 0 Å². The van der Waals surface area contributed by atoms with Crippen LogP contribution in [0.25, 0.3) is 11.4 Å². The monoisotopic (exact) mass is 421 g/mol. The highest BCUT2D eigenvalue weighted by Crippen LogP contribution is 2.20. The molecule has 0 spiro atoms. The summed E-state index contributed by atoms with van der Waals surface area (Å²) in [6.07, 6.45) is 2.51. The number of hydrogen-bond acceptors (Lipinski definition) is 5. The van der Waals surface area contributed by atoms with Crippen molar-refractivity contribution in [2.24, 2.45) is 0 Å². The fraction of sp³-hybridized carbons (Fsp3) is 0.400. The van der Waals surface area contributed by atoms with E-state index in [1.165, 1.54) is 11.1 Å². The largest absolute Gasteiger partial charge is 0.494 e.